The summed E-state index contributed by atoms with van der Waals surface area (Å²) in [7, 11) is 0. The van der Waals surface area contributed by atoms with Crippen LogP contribution in [0.5, 0.6) is 11.5 Å². The molecule has 0 radical (unpaired) electrons. The first-order valence-corrected chi connectivity index (χ1v) is 11.8. The Balaban J connectivity index is 0.000000360. The molecule has 4 nitrogen and oxygen atoms in total. The predicted octanol–water partition coefficient (Wildman–Crippen LogP) is 6.92. The van der Waals surface area contributed by atoms with Crippen molar-refractivity contribution in [1.29, 1.82) is 0 Å². The predicted molar refractivity (Wildman–Crippen MR) is 136 cm³/mol. The molecule has 182 valence electrons. The van der Waals surface area contributed by atoms with Gasteiger partial charge in [-0.25, -0.2) is 0 Å². The average molecular weight is 501 g/mol. The van der Waals surface area contributed by atoms with Gasteiger partial charge in [-0.3, -0.25) is 9.98 Å². The normalized spacial score (nSPS) is 10.9. The van der Waals surface area contributed by atoms with Crippen LogP contribution in [0.4, 0.5) is 11.4 Å². The summed E-state index contributed by atoms with van der Waals surface area (Å²) in [6.45, 7) is 4.30. The largest absolute Gasteiger partial charge is 2.00 e. The minimum absolute atomic E-state index is 0. The van der Waals surface area contributed by atoms with Crippen molar-refractivity contribution in [2.45, 2.75) is 58.8 Å². The quantitative estimate of drug-likeness (QED) is 0.172. The summed E-state index contributed by atoms with van der Waals surface area (Å²) in [6, 6.07) is 24.8. The Labute approximate surface area is 214 Å². The number of hydrogen-bond donors (Lipinski definition) is 0. The van der Waals surface area contributed by atoms with E-state index in [-0.39, 0.29) is 28.0 Å². The monoisotopic (exact) mass is 500 g/mol. The number of aryl methyl sites for hydroxylation is 1. The van der Waals surface area contributed by atoms with Gasteiger partial charge in [0, 0.05) is 6.21 Å². The maximum atomic E-state index is 11.3. The number of nitrogens with zero attached hydrogens (tertiary/aromatic N) is 2. The molecule has 0 aliphatic heterocycles. The molecule has 0 atom stereocenters. The molecule has 3 aromatic carbocycles. The number of rotatable bonds is 10. The first-order valence-electron chi connectivity index (χ1n) is 11.8. The van der Waals surface area contributed by atoms with Crippen molar-refractivity contribution >= 4 is 23.3 Å². The van der Waals surface area contributed by atoms with Crippen LogP contribution in [-0.4, -0.2) is 11.9 Å². The summed E-state index contributed by atoms with van der Waals surface area (Å²) in [4.78, 5) is 9.18. The standard InChI is InChI=1S/C18H20N2.C11H16O2.Ni/c1-2-3-10-18(20-17-13-8-5-9-14-17)15-19-16-11-6-4-7-12-16;1-2-3-4-6-9-7-5-8-10(12)11(9)13;/h4-9,11-15H,2-3,10H2,1H3;5,7-8,12-13H,2-4,6H2,1H3;/q;;+2/p-2. The van der Waals surface area contributed by atoms with Crippen molar-refractivity contribution in [2.75, 3.05) is 0 Å². The Kier molecular flexibility index (Phi) is 15.0. The molecule has 34 heavy (non-hydrogen) atoms. The minimum Gasteiger partial charge on any atom is -0.873 e. The number of hydrogen-bond acceptors (Lipinski definition) is 4. The topological polar surface area (TPSA) is 70.8 Å². The first-order chi connectivity index (χ1) is 16.1. The van der Waals surface area contributed by atoms with Gasteiger partial charge in [0.1, 0.15) is 0 Å². The van der Waals surface area contributed by atoms with Gasteiger partial charge >= 0.3 is 16.5 Å². The molecule has 5 heteroatoms. The zero-order chi connectivity index (χ0) is 23.7. The van der Waals surface area contributed by atoms with E-state index >= 15 is 0 Å². The van der Waals surface area contributed by atoms with Gasteiger partial charge in [0.25, 0.3) is 0 Å². The van der Waals surface area contributed by atoms with E-state index in [0.717, 1.165) is 62.0 Å². The van der Waals surface area contributed by atoms with E-state index in [9.17, 15) is 10.2 Å². The van der Waals surface area contributed by atoms with Crippen LogP contribution in [0, 0.1) is 0 Å². The summed E-state index contributed by atoms with van der Waals surface area (Å²) in [5.41, 5.74) is 3.64. The maximum Gasteiger partial charge on any atom is 2.00 e. The van der Waals surface area contributed by atoms with Gasteiger partial charge in [0.15, 0.2) is 0 Å². The fourth-order valence-corrected chi connectivity index (χ4v) is 3.16. The van der Waals surface area contributed by atoms with E-state index in [1.54, 1.807) is 12.1 Å². The summed E-state index contributed by atoms with van der Waals surface area (Å²) in [6.07, 6.45) is 9.12. The van der Waals surface area contributed by atoms with Crippen LogP contribution in [0.2, 0.25) is 0 Å². The third-order valence-corrected chi connectivity index (χ3v) is 5.04. The Morgan fingerprint density at radius 1 is 0.735 bits per heavy atom. The van der Waals surface area contributed by atoms with Crippen molar-refractivity contribution in [3.63, 3.8) is 0 Å². The number of unbranched alkanes of at least 4 members (excludes halogenated alkanes) is 3. The Hall–Kier alpha value is -2.91. The number of aliphatic imine (C=N–C) groups is 2. The van der Waals surface area contributed by atoms with E-state index in [1.807, 2.05) is 66.9 Å². The van der Waals surface area contributed by atoms with Crippen molar-refractivity contribution in [3.05, 3.63) is 84.4 Å². The third-order valence-electron chi connectivity index (χ3n) is 5.04. The molecule has 0 bridgehead atoms. The second kappa shape index (κ2) is 17.6. The Bertz CT molecular complexity index is 990. The fourth-order valence-electron chi connectivity index (χ4n) is 3.16. The van der Waals surface area contributed by atoms with E-state index in [2.05, 4.69) is 23.8 Å². The van der Waals surface area contributed by atoms with Gasteiger partial charge in [-0.2, -0.15) is 0 Å². The molecular formula is C29H34N2NiO2. The molecule has 0 unspecified atom stereocenters. The van der Waals surface area contributed by atoms with Crippen LogP contribution in [0.15, 0.2) is 88.8 Å². The summed E-state index contributed by atoms with van der Waals surface area (Å²) >= 11 is 0. The maximum absolute atomic E-state index is 11.3. The van der Waals surface area contributed by atoms with E-state index in [1.165, 1.54) is 6.07 Å². The van der Waals surface area contributed by atoms with Crippen LogP contribution < -0.4 is 10.2 Å². The zero-order valence-electron chi connectivity index (χ0n) is 20.1. The van der Waals surface area contributed by atoms with Crippen molar-refractivity contribution in [3.8, 4) is 11.5 Å². The van der Waals surface area contributed by atoms with Crippen molar-refractivity contribution in [1.82, 2.24) is 0 Å². The molecule has 0 aliphatic rings. The second-order valence-corrected chi connectivity index (χ2v) is 7.84. The Morgan fingerprint density at radius 3 is 1.97 bits per heavy atom. The molecule has 0 aliphatic carbocycles. The molecule has 0 heterocycles. The summed E-state index contributed by atoms with van der Waals surface area (Å²) < 4.78 is 0. The third kappa shape index (κ3) is 11.3. The summed E-state index contributed by atoms with van der Waals surface area (Å²) in [5, 5.41) is 22.2. The van der Waals surface area contributed by atoms with Crippen molar-refractivity contribution < 1.29 is 26.7 Å². The van der Waals surface area contributed by atoms with Gasteiger partial charge < -0.3 is 10.2 Å². The molecule has 3 aromatic rings. The molecule has 0 aromatic heterocycles. The molecule has 0 N–H and O–H groups in total. The molecule has 0 saturated heterocycles. The number of para-hydroxylation sites is 3. The van der Waals surface area contributed by atoms with Gasteiger partial charge in [-0.1, -0.05) is 93.3 Å². The average Bonchev–Trinajstić information content (AvgIpc) is 2.85. The van der Waals surface area contributed by atoms with Crippen molar-refractivity contribution in [2.24, 2.45) is 9.98 Å². The fraction of sp³-hybridized carbons (Fsp3) is 0.310. The molecule has 0 saturated carbocycles. The van der Waals surface area contributed by atoms with Gasteiger partial charge in [-0.15, -0.1) is 11.5 Å². The minimum atomic E-state index is -0.381. The van der Waals surface area contributed by atoms with Gasteiger partial charge in [0.05, 0.1) is 17.1 Å². The number of benzene rings is 3. The molecule has 0 fully saturated rings. The SMILES string of the molecule is CCCCC(C=Nc1ccccc1)=Nc1ccccc1.CCCCCc1cccc([O-])c1[O-].[Ni+2]. The molecule has 0 spiro atoms. The van der Waals surface area contributed by atoms with Crippen LogP contribution in [-0.2, 0) is 22.9 Å². The Morgan fingerprint density at radius 2 is 1.35 bits per heavy atom. The van der Waals surface area contributed by atoms with Crippen LogP contribution in [0.25, 0.3) is 0 Å². The summed E-state index contributed by atoms with van der Waals surface area (Å²) in [5.74, 6) is -0.701. The molecule has 0 amide bonds. The van der Waals surface area contributed by atoms with E-state index in [4.69, 9.17) is 0 Å². The second-order valence-electron chi connectivity index (χ2n) is 7.84. The van der Waals surface area contributed by atoms with Crippen LogP contribution >= 0.6 is 0 Å². The van der Waals surface area contributed by atoms with Crippen LogP contribution in [0.3, 0.4) is 0 Å². The zero-order valence-corrected chi connectivity index (χ0v) is 21.0. The van der Waals surface area contributed by atoms with Crippen LogP contribution in [0.1, 0.15) is 57.9 Å². The molecular weight excluding hydrogens is 467 g/mol. The smallest absolute Gasteiger partial charge is 0.873 e. The van der Waals surface area contributed by atoms with Gasteiger partial charge in [0.2, 0.25) is 0 Å². The van der Waals surface area contributed by atoms with E-state index < -0.39 is 0 Å². The molecule has 3 rings (SSSR count). The van der Waals surface area contributed by atoms with E-state index in [0.29, 0.717) is 5.56 Å². The van der Waals surface area contributed by atoms with Gasteiger partial charge in [-0.05, 0) is 49.9 Å². The first kappa shape index (κ1) is 29.1.